The predicted molar refractivity (Wildman–Crippen MR) is 198 cm³/mol. The van der Waals surface area contributed by atoms with Crippen LogP contribution in [-0.2, 0) is 36.9 Å². The Morgan fingerprint density at radius 3 is 2.17 bits per heavy atom. The van der Waals surface area contributed by atoms with E-state index in [0.717, 1.165) is 61.7 Å². The van der Waals surface area contributed by atoms with E-state index < -0.39 is 23.4 Å². The molecule has 10 heteroatoms. The Morgan fingerprint density at radius 1 is 0.849 bits per heavy atom. The van der Waals surface area contributed by atoms with Crippen molar-refractivity contribution in [1.29, 1.82) is 0 Å². The van der Waals surface area contributed by atoms with Gasteiger partial charge >= 0.3 is 6.18 Å². The normalized spacial score (nSPS) is 14.3. The molecule has 0 saturated carbocycles. The lowest BCUT2D eigenvalue weighted by atomic mass is 9.92. The molecule has 1 amide bonds. The zero-order valence-corrected chi connectivity index (χ0v) is 30.0. The lowest BCUT2D eigenvalue weighted by Gasteiger charge is -2.35. The van der Waals surface area contributed by atoms with Gasteiger partial charge < -0.3 is 14.4 Å². The lowest BCUT2D eigenvalue weighted by molar-refractivity contribution is -0.137. The predicted octanol–water partition coefficient (Wildman–Crippen LogP) is 9.29. The Labute approximate surface area is 306 Å². The van der Waals surface area contributed by atoms with E-state index in [2.05, 4.69) is 18.7 Å². The zero-order chi connectivity index (χ0) is 37.7. The zero-order valence-electron chi connectivity index (χ0n) is 30.0. The number of amides is 1. The number of pyridine rings is 1. The van der Waals surface area contributed by atoms with Gasteiger partial charge in [-0.25, -0.2) is 8.78 Å². The van der Waals surface area contributed by atoms with Gasteiger partial charge in [-0.3, -0.25) is 9.59 Å². The minimum absolute atomic E-state index is 0.0583. The highest BCUT2D eigenvalue weighted by atomic mass is 19.4. The molecule has 1 aliphatic rings. The summed E-state index contributed by atoms with van der Waals surface area (Å²) in [6, 6.07) is 25.6. The second-order valence-corrected chi connectivity index (χ2v) is 14.3. The number of carbonyl (C=O) groups is 1. The van der Waals surface area contributed by atoms with Gasteiger partial charge in [0.25, 0.3) is 0 Å². The molecule has 5 nitrogen and oxygen atoms in total. The van der Waals surface area contributed by atoms with Gasteiger partial charge in [-0.05, 0) is 118 Å². The molecule has 1 aliphatic heterocycles. The molecule has 6 rings (SSSR count). The lowest BCUT2D eigenvalue weighted by Crippen LogP contribution is -2.40. The third-order valence-electron chi connectivity index (χ3n) is 10.5. The van der Waals surface area contributed by atoms with E-state index in [-0.39, 0.29) is 36.3 Å². The van der Waals surface area contributed by atoms with Crippen LogP contribution < -0.4 is 5.43 Å². The first-order valence-electron chi connectivity index (χ1n) is 18.2. The first-order chi connectivity index (χ1) is 25.4. The number of fused-ring (bicyclic) bond motifs is 1. The number of rotatable bonds is 12. The van der Waals surface area contributed by atoms with Crippen LogP contribution in [0.2, 0.25) is 0 Å². The van der Waals surface area contributed by atoms with Gasteiger partial charge in [-0.2, -0.15) is 13.2 Å². The van der Waals surface area contributed by atoms with Crippen molar-refractivity contribution < 1.29 is 26.7 Å². The fourth-order valence-electron chi connectivity index (χ4n) is 7.28. The van der Waals surface area contributed by atoms with Crippen LogP contribution in [0.5, 0.6) is 0 Å². The highest BCUT2D eigenvalue weighted by Gasteiger charge is 2.30. The number of aryl methyl sites for hydroxylation is 2. The van der Waals surface area contributed by atoms with Crippen molar-refractivity contribution in [3.63, 3.8) is 0 Å². The number of para-hydroxylation sites is 1. The molecular formula is C43H44F5N3O2. The number of carbonyl (C=O) groups excluding carboxylic acids is 1. The minimum Gasteiger partial charge on any atom is -0.337 e. The molecule has 1 saturated heterocycles. The van der Waals surface area contributed by atoms with Crippen molar-refractivity contribution in [1.82, 2.24) is 14.4 Å². The number of nitrogens with zero attached hydrogens (tertiary/aromatic N) is 3. The summed E-state index contributed by atoms with van der Waals surface area (Å²) in [5, 5.41) is 0.461. The fourth-order valence-corrected chi connectivity index (χ4v) is 7.28. The van der Waals surface area contributed by atoms with Crippen molar-refractivity contribution in [2.45, 2.75) is 71.3 Å². The van der Waals surface area contributed by atoms with Crippen LogP contribution in [0.25, 0.3) is 22.0 Å². The average molecular weight is 730 g/mol. The van der Waals surface area contributed by atoms with Crippen LogP contribution in [0.4, 0.5) is 22.0 Å². The van der Waals surface area contributed by atoms with Gasteiger partial charge in [-0.1, -0.05) is 60.7 Å². The summed E-state index contributed by atoms with van der Waals surface area (Å²) in [7, 11) is 0. The number of halogens is 5. The van der Waals surface area contributed by atoms with Gasteiger partial charge in [-0.15, -0.1) is 0 Å². The molecular weight excluding hydrogens is 685 g/mol. The Morgan fingerprint density at radius 2 is 1.51 bits per heavy atom. The first kappa shape index (κ1) is 37.9. The van der Waals surface area contributed by atoms with Crippen molar-refractivity contribution in [2.75, 3.05) is 19.6 Å². The molecule has 53 heavy (non-hydrogen) atoms. The molecule has 1 fully saturated rings. The second kappa shape index (κ2) is 16.5. The second-order valence-electron chi connectivity index (χ2n) is 14.3. The van der Waals surface area contributed by atoms with E-state index in [9.17, 15) is 31.5 Å². The first-order valence-corrected chi connectivity index (χ1v) is 18.2. The maximum Gasteiger partial charge on any atom is 0.416 e. The Hall–Kier alpha value is -4.83. The maximum absolute atomic E-state index is 14.6. The van der Waals surface area contributed by atoms with E-state index in [4.69, 9.17) is 0 Å². The van der Waals surface area contributed by atoms with Crippen LogP contribution in [-0.4, -0.2) is 46.0 Å². The number of piperidine rings is 1. The van der Waals surface area contributed by atoms with Gasteiger partial charge in [0.15, 0.2) is 17.1 Å². The smallest absolute Gasteiger partial charge is 0.337 e. The number of likely N-dealkylation sites (tertiary alicyclic amines) is 1. The third kappa shape index (κ3) is 9.22. The fraction of sp³-hybridized carbons (Fsp3) is 0.349. The van der Waals surface area contributed by atoms with Crippen molar-refractivity contribution in [3.8, 4) is 11.1 Å². The van der Waals surface area contributed by atoms with Gasteiger partial charge in [0.05, 0.1) is 11.1 Å². The quantitative estimate of drug-likeness (QED) is 0.120. The Bertz CT molecular complexity index is 2080. The molecule has 0 atom stereocenters. The van der Waals surface area contributed by atoms with Crippen LogP contribution in [0.3, 0.4) is 0 Å². The van der Waals surface area contributed by atoms with E-state index >= 15 is 0 Å². The van der Waals surface area contributed by atoms with E-state index in [1.165, 1.54) is 30.3 Å². The maximum atomic E-state index is 14.6. The SMILES string of the molecule is CC(C)N1CCC(CCN(Cc2ccc(-c3ccc(C(F)(F)F)cc3)cc2)C(=O)Cn2c(CCc3cccc(F)c3F)cc(=O)c3ccccc32)CC1. The molecule has 2 heterocycles. The summed E-state index contributed by atoms with van der Waals surface area (Å²) < 4.78 is 69.7. The molecule has 0 unspecified atom stereocenters. The minimum atomic E-state index is -4.41. The molecule has 5 aromatic rings. The van der Waals surface area contributed by atoms with Crippen molar-refractivity contribution >= 4 is 16.8 Å². The summed E-state index contributed by atoms with van der Waals surface area (Å²) in [6.07, 6.45) is -1.13. The third-order valence-corrected chi connectivity index (χ3v) is 10.5. The monoisotopic (exact) mass is 729 g/mol. The van der Waals surface area contributed by atoms with Crippen molar-refractivity contribution in [2.24, 2.45) is 5.92 Å². The molecule has 0 radical (unpaired) electrons. The van der Waals surface area contributed by atoms with Crippen LogP contribution in [0.15, 0.2) is 102 Å². The number of benzene rings is 4. The number of alkyl halides is 3. The molecule has 1 aromatic heterocycles. The average Bonchev–Trinajstić information content (AvgIpc) is 3.15. The van der Waals surface area contributed by atoms with Gasteiger partial charge in [0.1, 0.15) is 6.54 Å². The van der Waals surface area contributed by atoms with Gasteiger partial charge in [0, 0.05) is 36.3 Å². The number of hydrogen-bond donors (Lipinski definition) is 0. The van der Waals surface area contributed by atoms with E-state index in [0.29, 0.717) is 47.2 Å². The standard InChI is InChI=1S/C43H44F5N3O2/c1-29(2)49-23-20-30(21-24-49)22-25-50(27-31-10-12-32(13-11-31)33-14-17-35(18-15-33)43(46,47)48)41(53)28-51-36(19-16-34-6-5-8-38(44)42(34)45)26-40(52)37-7-3-4-9-39(37)51/h3-15,17-18,26,29-30H,16,19-25,27-28H2,1-2H3. The molecule has 0 bridgehead atoms. The molecule has 4 aromatic carbocycles. The molecule has 0 aliphatic carbocycles. The number of aromatic nitrogens is 1. The Balaban J connectivity index is 1.26. The van der Waals surface area contributed by atoms with Crippen LogP contribution in [0.1, 0.15) is 55.5 Å². The summed E-state index contributed by atoms with van der Waals surface area (Å²) >= 11 is 0. The molecule has 0 spiro atoms. The van der Waals surface area contributed by atoms with Crippen LogP contribution in [0, 0.1) is 17.6 Å². The topological polar surface area (TPSA) is 45.5 Å². The summed E-state index contributed by atoms with van der Waals surface area (Å²) in [6.45, 7) is 7.21. The highest BCUT2D eigenvalue weighted by Crippen LogP contribution is 2.31. The molecule has 278 valence electrons. The van der Waals surface area contributed by atoms with E-state index in [1.807, 2.05) is 33.7 Å². The van der Waals surface area contributed by atoms with E-state index in [1.54, 1.807) is 24.3 Å². The summed E-state index contributed by atoms with van der Waals surface area (Å²) in [4.78, 5) is 31.9. The molecule has 0 N–H and O–H groups in total. The van der Waals surface area contributed by atoms with Crippen molar-refractivity contribution in [3.05, 3.63) is 141 Å². The highest BCUT2D eigenvalue weighted by molar-refractivity contribution is 5.83. The van der Waals surface area contributed by atoms with Crippen LogP contribution >= 0.6 is 0 Å². The number of hydrogen-bond acceptors (Lipinski definition) is 3. The Kier molecular flexibility index (Phi) is 11.8. The summed E-state index contributed by atoms with van der Waals surface area (Å²) in [5.41, 5.74) is 2.69. The summed E-state index contributed by atoms with van der Waals surface area (Å²) in [5.74, 6) is -1.55. The largest absolute Gasteiger partial charge is 0.416 e. The van der Waals surface area contributed by atoms with Gasteiger partial charge in [0.2, 0.25) is 5.91 Å².